The number of halogens is 4. The number of hydrogen-bond donors (Lipinski definition) is 1. The summed E-state index contributed by atoms with van der Waals surface area (Å²) in [5.41, 5.74) is -2.51. The first kappa shape index (κ1) is 15.8. The lowest BCUT2D eigenvalue weighted by atomic mass is 10.0. The van der Waals surface area contributed by atoms with Gasteiger partial charge >= 0.3 is 12.1 Å². The van der Waals surface area contributed by atoms with E-state index >= 15 is 0 Å². The Kier molecular flexibility index (Phi) is 4.19. The Balaban J connectivity index is 3.41. The molecule has 0 saturated heterocycles. The van der Waals surface area contributed by atoms with Gasteiger partial charge in [-0.15, -0.1) is 0 Å². The molecule has 1 N–H and O–H groups in total. The second-order valence-electron chi connectivity index (χ2n) is 4.58. The van der Waals surface area contributed by atoms with E-state index < -0.39 is 23.2 Å². The largest absolute Gasteiger partial charge is 0.480 e. The fraction of sp³-hybridized carbons (Fsp3) is 0.417. The lowest BCUT2D eigenvalue weighted by molar-refractivity contribution is -0.143. The van der Waals surface area contributed by atoms with Crippen molar-refractivity contribution in [3.63, 3.8) is 0 Å². The maximum atomic E-state index is 12.9. The van der Waals surface area contributed by atoms with E-state index in [9.17, 15) is 18.0 Å². The molecule has 0 saturated carbocycles. The van der Waals surface area contributed by atoms with Crippen molar-refractivity contribution in [2.45, 2.75) is 25.6 Å². The molecule has 0 amide bonds. The number of likely N-dealkylation sites (N-methyl/N-ethyl adjacent to an activating group) is 1. The first-order valence-electron chi connectivity index (χ1n) is 5.32. The smallest absolute Gasteiger partial charge is 0.418 e. The molecule has 0 unspecified atom stereocenters. The first-order valence-corrected chi connectivity index (χ1v) is 6.11. The average molecular weight is 340 g/mol. The van der Waals surface area contributed by atoms with Gasteiger partial charge in [-0.2, -0.15) is 13.2 Å². The van der Waals surface area contributed by atoms with E-state index in [2.05, 4.69) is 15.9 Å². The van der Waals surface area contributed by atoms with Crippen molar-refractivity contribution in [3.05, 3.63) is 28.2 Å². The molecule has 106 valence electrons. The summed E-state index contributed by atoms with van der Waals surface area (Å²) in [4.78, 5) is 12.2. The number of rotatable bonds is 3. The van der Waals surface area contributed by atoms with Crippen molar-refractivity contribution < 1.29 is 23.1 Å². The molecule has 7 heteroatoms. The van der Waals surface area contributed by atoms with Gasteiger partial charge in [-0.1, -0.05) is 15.9 Å². The summed E-state index contributed by atoms with van der Waals surface area (Å²) in [5.74, 6) is -1.21. The first-order chi connectivity index (χ1) is 8.48. The summed E-state index contributed by atoms with van der Waals surface area (Å²) < 4.78 is 39.3. The van der Waals surface area contributed by atoms with Crippen LogP contribution in [0.2, 0.25) is 0 Å². The monoisotopic (exact) mass is 339 g/mol. The lowest BCUT2D eigenvalue weighted by Gasteiger charge is -2.35. The molecule has 0 spiro atoms. The molecular weight excluding hydrogens is 327 g/mol. The quantitative estimate of drug-likeness (QED) is 0.911. The molecular formula is C12H13BrF3NO2. The van der Waals surface area contributed by atoms with E-state index in [1.807, 2.05) is 0 Å². The standard InChI is InChI=1S/C12H13BrF3NO2/c1-11(2,10(18)19)17(3)9-6-7(13)4-5-8(9)12(14,15)16/h4-6H,1-3H3,(H,18,19). The third kappa shape index (κ3) is 3.20. The molecule has 0 aromatic heterocycles. The maximum Gasteiger partial charge on any atom is 0.418 e. The highest BCUT2D eigenvalue weighted by Crippen LogP contribution is 2.39. The molecule has 0 aliphatic carbocycles. The zero-order chi connectivity index (χ0) is 15.0. The molecule has 0 atom stereocenters. The van der Waals surface area contributed by atoms with Gasteiger partial charge in [0.1, 0.15) is 5.54 Å². The second kappa shape index (κ2) is 5.03. The Hall–Kier alpha value is -1.24. The van der Waals surface area contributed by atoms with Crippen LogP contribution in [0, 0.1) is 0 Å². The molecule has 1 aromatic carbocycles. The minimum atomic E-state index is -4.54. The summed E-state index contributed by atoms with van der Waals surface area (Å²) in [6, 6.07) is 3.45. The van der Waals surface area contributed by atoms with Gasteiger partial charge in [-0.25, -0.2) is 4.79 Å². The van der Waals surface area contributed by atoms with Crippen LogP contribution in [0.3, 0.4) is 0 Å². The minimum absolute atomic E-state index is 0.186. The summed E-state index contributed by atoms with van der Waals surface area (Å²) in [7, 11) is 1.32. The molecule has 1 aromatic rings. The SMILES string of the molecule is CN(c1cc(Br)ccc1C(F)(F)F)C(C)(C)C(=O)O. The third-order valence-electron chi connectivity index (χ3n) is 2.99. The number of alkyl halides is 3. The summed E-state index contributed by atoms with van der Waals surface area (Å²) >= 11 is 3.09. The van der Waals surface area contributed by atoms with Crippen LogP contribution in [0.5, 0.6) is 0 Å². The highest BCUT2D eigenvalue weighted by Gasteiger charge is 2.39. The minimum Gasteiger partial charge on any atom is -0.480 e. The molecule has 0 aliphatic heterocycles. The maximum absolute atomic E-state index is 12.9. The van der Waals surface area contributed by atoms with Gasteiger partial charge in [0.2, 0.25) is 0 Å². The van der Waals surface area contributed by atoms with Crippen molar-refractivity contribution in [1.29, 1.82) is 0 Å². The molecule has 0 fully saturated rings. The Bertz CT molecular complexity index is 500. The zero-order valence-electron chi connectivity index (χ0n) is 10.5. The second-order valence-corrected chi connectivity index (χ2v) is 5.50. The van der Waals surface area contributed by atoms with Gasteiger partial charge in [-0.3, -0.25) is 0 Å². The Morgan fingerprint density at radius 3 is 2.26 bits per heavy atom. The fourth-order valence-electron chi connectivity index (χ4n) is 1.47. The van der Waals surface area contributed by atoms with Crippen LogP contribution in [0.15, 0.2) is 22.7 Å². The summed E-state index contributed by atoms with van der Waals surface area (Å²) in [5, 5.41) is 9.10. The highest BCUT2D eigenvalue weighted by molar-refractivity contribution is 9.10. The number of carboxylic acids is 1. The van der Waals surface area contributed by atoms with Gasteiger partial charge in [0.15, 0.2) is 0 Å². The molecule has 0 bridgehead atoms. The number of hydrogen-bond acceptors (Lipinski definition) is 2. The number of carbonyl (C=O) groups is 1. The van der Waals surface area contributed by atoms with Crippen molar-refractivity contribution in [1.82, 2.24) is 0 Å². The number of benzene rings is 1. The van der Waals surface area contributed by atoms with Crippen LogP contribution < -0.4 is 4.90 Å². The van der Waals surface area contributed by atoms with Crippen molar-refractivity contribution >= 4 is 27.6 Å². The molecule has 1 rings (SSSR count). The normalized spacial score (nSPS) is 12.4. The Labute approximate surface area is 117 Å². The van der Waals surface area contributed by atoms with Gasteiger partial charge in [0, 0.05) is 11.5 Å². The van der Waals surface area contributed by atoms with E-state index in [0.29, 0.717) is 4.47 Å². The predicted octanol–water partition coefficient (Wildman–Crippen LogP) is 3.77. The van der Waals surface area contributed by atoms with Crippen molar-refractivity contribution in [2.75, 3.05) is 11.9 Å². The van der Waals surface area contributed by atoms with Crippen molar-refractivity contribution in [2.24, 2.45) is 0 Å². The van der Waals surface area contributed by atoms with E-state index in [-0.39, 0.29) is 5.69 Å². The molecule has 19 heavy (non-hydrogen) atoms. The van der Waals surface area contributed by atoms with Gasteiger partial charge in [-0.05, 0) is 32.0 Å². The van der Waals surface area contributed by atoms with E-state index in [1.165, 1.54) is 33.0 Å². The van der Waals surface area contributed by atoms with Crippen LogP contribution in [-0.2, 0) is 11.0 Å². The third-order valence-corrected chi connectivity index (χ3v) is 3.48. The van der Waals surface area contributed by atoms with Crippen LogP contribution in [-0.4, -0.2) is 23.7 Å². The summed E-state index contributed by atoms with van der Waals surface area (Å²) in [6.45, 7) is 2.69. The Morgan fingerprint density at radius 1 is 1.32 bits per heavy atom. The van der Waals surface area contributed by atoms with E-state index in [1.54, 1.807) is 0 Å². The fourth-order valence-corrected chi connectivity index (χ4v) is 1.82. The zero-order valence-corrected chi connectivity index (χ0v) is 12.1. The van der Waals surface area contributed by atoms with E-state index in [0.717, 1.165) is 11.0 Å². The predicted molar refractivity (Wildman–Crippen MR) is 69.3 cm³/mol. The molecule has 3 nitrogen and oxygen atoms in total. The average Bonchev–Trinajstić information content (AvgIpc) is 2.25. The lowest BCUT2D eigenvalue weighted by Crippen LogP contribution is -2.48. The highest BCUT2D eigenvalue weighted by atomic mass is 79.9. The van der Waals surface area contributed by atoms with Crippen LogP contribution in [0.25, 0.3) is 0 Å². The molecule has 0 heterocycles. The summed E-state index contributed by atoms with van der Waals surface area (Å²) in [6.07, 6.45) is -4.54. The van der Waals surface area contributed by atoms with Gasteiger partial charge < -0.3 is 10.0 Å². The van der Waals surface area contributed by atoms with Gasteiger partial charge in [0.25, 0.3) is 0 Å². The number of carboxylic acid groups (broad SMARTS) is 1. The van der Waals surface area contributed by atoms with E-state index in [4.69, 9.17) is 5.11 Å². The number of anilines is 1. The van der Waals surface area contributed by atoms with Crippen LogP contribution in [0.1, 0.15) is 19.4 Å². The molecule has 0 radical (unpaired) electrons. The van der Waals surface area contributed by atoms with Crippen LogP contribution >= 0.6 is 15.9 Å². The number of aliphatic carboxylic acids is 1. The van der Waals surface area contributed by atoms with Crippen molar-refractivity contribution in [3.8, 4) is 0 Å². The Morgan fingerprint density at radius 2 is 1.84 bits per heavy atom. The van der Waals surface area contributed by atoms with Gasteiger partial charge in [0.05, 0.1) is 11.3 Å². The van der Waals surface area contributed by atoms with Crippen LogP contribution in [0.4, 0.5) is 18.9 Å². The molecule has 0 aliphatic rings. The topological polar surface area (TPSA) is 40.5 Å². The number of nitrogens with zero attached hydrogens (tertiary/aromatic N) is 1.